The quantitative estimate of drug-likeness (QED) is 0.424. The van der Waals surface area contributed by atoms with Crippen molar-refractivity contribution < 1.29 is 23.5 Å². The van der Waals surface area contributed by atoms with Gasteiger partial charge < -0.3 is 25.4 Å². The number of aromatic nitrogens is 2. The molecule has 1 spiro atoms. The van der Waals surface area contributed by atoms with Gasteiger partial charge in [0.1, 0.15) is 5.71 Å². The number of amides is 2. The Kier molecular flexibility index (Phi) is 7.55. The summed E-state index contributed by atoms with van der Waals surface area (Å²) in [6.07, 6.45) is 6.38. The van der Waals surface area contributed by atoms with Crippen LogP contribution in [-0.2, 0) is 20.9 Å². The maximum Gasteiger partial charge on any atom is 0.272 e. The van der Waals surface area contributed by atoms with Crippen LogP contribution in [0.5, 0.6) is 5.88 Å². The summed E-state index contributed by atoms with van der Waals surface area (Å²) >= 11 is 6.40. The minimum Gasteiger partial charge on any atom is -0.481 e. The summed E-state index contributed by atoms with van der Waals surface area (Å²) in [5, 5.41) is 11.8. The number of carbonyl (C=O) groups is 2. The second-order valence-corrected chi connectivity index (χ2v) is 10.6. The molecule has 3 fully saturated rings. The van der Waals surface area contributed by atoms with Gasteiger partial charge in [0.15, 0.2) is 5.82 Å². The molecular weight excluding hydrogens is 527 g/mol. The van der Waals surface area contributed by atoms with Gasteiger partial charge >= 0.3 is 0 Å². The molecule has 2 aromatic rings. The number of pyridine rings is 2. The van der Waals surface area contributed by atoms with Crippen molar-refractivity contribution in [1.29, 1.82) is 5.41 Å². The molecule has 0 unspecified atom stereocenters. The highest BCUT2D eigenvalue weighted by Crippen LogP contribution is 2.50. The molecular formula is C27H30ClFN6O4. The van der Waals surface area contributed by atoms with Crippen LogP contribution in [0.3, 0.4) is 0 Å². The van der Waals surface area contributed by atoms with E-state index in [1.165, 1.54) is 13.2 Å². The normalized spacial score (nSPS) is 20.3. The van der Waals surface area contributed by atoms with E-state index >= 15 is 0 Å². The number of halogens is 2. The summed E-state index contributed by atoms with van der Waals surface area (Å²) in [6, 6.07) is 3.19. The van der Waals surface area contributed by atoms with E-state index < -0.39 is 17.3 Å². The number of nitrogens with zero attached hydrogens (tertiary/aromatic N) is 3. The number of rotatable bonds is 8. The molecule has 1 aliphatic carbocycles. The second-order valence-electron chi connectivity index (χ2n) is 10.2. The largest absolute Gasteiger partial charge is 0.481 e. The molecule has 1 saturated carbocycles. The predicted octanol–water partition coefficient (Wildman–Crippen LogP) is 2.80. The van der Waals surface area contributed by atoms with Gasteiger partial charge in [-0.25, -0.2) is 9.37 Å². The van der Waals surface area contributed by atoms with Crippen LogP contribution in [0.25, 0.3) is 5.70 Å². The average Bonchev–Trinajstić information content (AvgIpc) is 3.65. The molecule has 2 aliphatic heterocycles. The Balaban J connectivity index is 1.19. The molecule has 206 valence electrons. The lowest BCUT2D eigenvalue weighted by molar-refractivity contribution is -0.135. The fourth-order valence-corrected chi connectivity index (χ4v) is 5.36. The molecule has 0 aromatic carbocycles. The highest BCUT2D eigenvalue weighted by atomic mass is 35.5. The van der Waals surface area contributed by atoms with Crippen LogP contribution in [0, 0.1) is 17.1 Å². The highest BCUT2D eigenvalue weighted by molar-refractivity contribution is 6.43. The van der Waals surface area contributed by atoms with Gasteiger partial charge in [-0.1, -0.05) is 11.6 Å². The molecule has 3 aliphatic rings. The number of ether oxygens (including phenoxy) is 2. The Bertz CT molecular complexity index is 1340. The van der Waals surface area contributed by atoms with Crippen LogP contribution in [0.2, 0.25) is 5.02 Å². The van der Waals surface area contributed by atoms with Crippen molar-refractivity contribution >= 4 is 34.8 Å². The standard InChI is InChI=1S/C27H30ClFN6O4/c1-38-24-7-18(20(29)11-33-24)21(30)8-22(31)26(37)35-5-2-15(9-27(35)3-4-27)25(36)34-12-23-19(28)6-16(10-32-23)17-13-39-14-17/h6-8,10-11,15,17,31H,2-5,9,12-14,30H2,1H3,(H,34,36)/b21-8-,31-22?/t15-/m0/s1. The minimum atomic E-state index is -0.685. The summed E-state index contributed by atoms with van der Waals surface area (Å²) in [5.74, 6) is -1.08. The SMILES string of the molecule is COc1cc(/C(N)=C/C(=N)C(=O)N2CC[C@H](C(=O)NCc3ncc(C4COC4)cc3Cl)CC23CC3)c(F)cn1. The van der Waals surface area contributed by atoms with Crippen molar-refractivity contribution in [2.45, 2.75) is 43.7 Å². The van der Waals surface area contributed by atoms with Crippen molar-refractivity contribution in [3.8, 4) is 5.88 Å². The van der Waals surface area contributed by atoms with E-state index in [0.717, 1.165) is 30.7 Å². The van der Waals surface area contributed by atoms with E-state index in [9.17, 15) is 14.0 Å². The third-order valence-electron chi connectivity index (χ3n) is 7.70. The fourth-order valence-electron chi connectivity index (χ4n) is 5.12. The van der Waals surface area contributed by atoms with Crippen LogP contribution >= 0.6 is 11.6 Å². The lowest BCUT2D eigenvalue weighted by atomic mass is 9.87. The van der Waals surface area contributed by atoms with Gasteiger partial charge in [0.25, 0.3) is 5.91 Å². The molecule has 10 nitrogen and oxygen atoms in total. The lowest BCUT2D eigenvalue weighted by Gasteiger charge is -2.39. The molecule has 5 rings (SSSR count). The highest BCUT2D eigenvalue weighted by Gasteiger charge is 2.54. The van der Waals surface area contributed by atoms with Crippen LogP contribution in [0.15, 0.2) is 30.6 Å². The molecule has 1 atom stereocenters. The van der Waals surface area contributed by atoms with E-state index in [-0.39, 0.29) is 41.2 Å². The van der Waals surface area contributed by atoms with Gasteiger partial charge in [-0.3, -0.25) is 20.0 Å². The zero-order chi connectivity index (χ0) is 27.7. The zero-order valence-electron chi connectivity index (χ0n) is 21.5. The predicted molar refractivity (Wildman–Crippen MR) is 142 cm³/mol. The fraction of sp³-hybridized carbons (Fsp3) is 0.444. The number of nitrogens with two attached hydrogens (primary N) is 1. The number of hydrogen-bond acceptors (Lipinski definition) is 8. The van der Waals surface area contributed by atoms with Gasteiger partial charge in [0.05, 0.1) is 43.8 Å². The number of piperidine rings is 1. The molecule has 39 heavy (non-hydrogen) atoms. The third-order valence-corrected chi connectivity index (χ3v) is 8.03. The summed E-state index contributed by atoms with van der Waals surface area (Å²) < 4.78 is 24.4. The van der Waals surface area contributed by atoms with Crippen molar-refractivity contribution in [2.75, 3.05) is 26.9 Å². The van der Waals surface area contributed by atoms with Crippen LogP contribution < -0.4 is 15.8 Å². The number of hydrogen-bond donors (Lipinski definition) is 3. The number of nitrogens with one attached hydrogen (secondary N) is 2. The van der Waals surface area contributed by atoms with E-state index in [2.05, 4.69) is 15.3 Å². The Morgan fingerprint density at radius 2 is 2.10 bits per heavy atom. The molecule has 4 heterocycles. The molecule has 2 saturated heterocycles. The monoisotopic (exact) mass is 556 g/mol. The zero-order valence-corrected chi connectivity index (χ0v) is 22.3. The molecule has 0 radical (unpaired) electrons. The van der Waals surface area contributed by atoms with Gasteiger partial charge in [-0.05, 0) is 43.4 Å². The summed E-state index contributed by atoms with van der Waals surface area (Å²) in [5.41, 5.74) is 6.75. The first kappa shape index (κ1) is 27.0. The van der Waals surface area contributed by atoms with Crippen LogP contribution in [0.4, 0.5) is 4.39 Å². The van der Waals surface area contributed by atoms with E-state index in [1.807, 2.05) is 6.07 Å². The maximum absolute atomic E-state index is 14.2. The summed E-state index contributed by atoms with van der Waals surface area (Å²) in [4.78, 5) is 36.1. The molecule has 2 amide bonds. The first-order valence-corrected chi connectivity index (χ1v) is 13.2. The average molecular weight is 557 g/mol. The first-order valence-electron chi connectivity index (χ1n) is 12.8. The van der Waals surface area contributed by atoms with E-state index in [0.29, 0.717) is 49.2 Å². The van der Waals surface area contributed by atoms with E-state index in [1.54, 1.807) is 11.1 Å². The molecule has 12 heteroatoms. The summed E-state index contributed by atoms with van der Waals surface area (Å²) in [6.45, 7) is 1.88. The molecule has 4 N–H and O–H groups in total. The van der Waals surface area contributed by atoms with Crippen LogP contribution in [-0.4, -0.2) is 64.8 Å². The van der Waals surface area contributed by atoms with Crippen molar-refractivity contribution in [3.63, 3.8) is 0 Å². The topological polar surface area (TPSA) is 144 Å². The number of methoxy groups -OCH3 is 1. The second kappa shape index (κ2) is 10.9. The maximum atomic E-state index is 14.2. The van der Waals surface area contributed by atoms with Crippen molar-refractivity contribution in [1.82, 2.24) is 20.2 Å². The minimum absolute atomic E-state index is 0.00259. The Morgan fingerprint density at radius 3 is 2.74 bits per heavy atom. The Labute approximate surface area is 230 Å². The Morgan fingerprint density at radius 1 is 1.33 bits per heavy atom. The van der Waals surface area contributed by atoms with Crippen molar-refractivity contribution in [3.05, 3.63) is 58.3 Å². The number of carbonyl (C=O) groups excluding carboxylic acids is 2. The van der Waals surface area contributed by atoms with Gasteiger partial charge in [0, 0.05) is 47.4 Å². The smallest absolute Gasteiger partial charge is 0.272 e. The van der Waals surface area contributed by atoms with Gasteiger partial charge in [-0.2, -0.15) is 0 Å². The first-order chi connectivity index (χ1) is 18.7. The van der Waals surface area contributed by atoms with E-state index in [4.69, 9.17) is 32.2 Å². The molecule has 2 aromatic heterocycles. The summed E-state index contributed by atoms with van der Waals surface area (Å²) in [7, 11) is 1.39. The van der Waals surface area contributed by atoms with Crippen LogP contribution in [0.1, 0.15) is 48.4 Å². The van der Waals surface area contributed by atoms with Gasteiger partial charge in [0.2, 0.25) is 11.8 Å². The van der Waals surface area contributed by atoms with Crippen molar-refractivity contribution in [2.24, 2.45) is 11.7 Å². The third kappa shape index (κ3) is 5.60. The molecule has 0 bridgehead atoms. The number of likely N-dealkylation sites (tertiary alicyclic amines) is 1. The Hall–Kier alpha value is -3.57. The lowest BCUT2D eigenvalue weighted by Crippen LogP contribution is -2.52. The van der Waals surface area contributed by atoms with Gasteiger partial charge in [-0.15, -0.1) is 0 Å².